The van der Waals surface area contributed by atoms with Crippen molar-refractivity contribution in [1.29, 1.82) is 0 Å². The van der Waals surface area contributed by atoms with Gasteiger partial charge in [0.25, 0.3) is 5.91 Å². The summed E-state index contributed by atoms with van der Waals surface area (Å²) < 4.78 is 0. The zero-order valence-corrected chi connectivity index (χ0v) is 16.1. The lowest BCUT2D eigenvalue weighted by molar-refractivity contribution is 0.0600. The van der Waals surface area contributed by atoms with Crippen molar-refractivity contribution in [3.8, 4) is 0 Å². The van der Waals surface area contributed by atoms with Crippen molar-refractivity contribution in [2.45, 2.75) is 51.0 Å². The molecule has 1 aliphatic heterocycles. The van der Waals surface area contributed by atoms with Gasteiger partial charge in [0.2, 0.25) is 0 Å². The number of aromatic nitrogens is 2. The molecule has 1 atom stereocenters. The molecule has 1 fully saturated rings. The Morgan fingerprint density at radius 3 is 2.80 bits per heavy atom. The average molecular weight is 348 g/mol. The highest BCUT2D eigenvalue weighted by Crippen LogP contribution is 2.24. The third kappa shape index (κ3) is 4.42. The molecule has 2 aliphatic rings. The number of nitrogens with zero attached hydrogens (tertiary/aromatic N) is 4. The number of likely N-dealkylation sites (tertiary alicyclic amines) is 1. The second-order valence-electron chi connectivity index (χ2n) is 7.92. The molecule has 6 heteroatoms. The molecule has 1 aromatic heterocycles. The summed E-state index contributed by atoms with van der Waals surface area (Å²) in [6.07, 6.45) is 7.83. The second-order valence-corrected chi connectivity index (χ2v) is 7.92. The van der Waals surface area contributed by atoms with E-state index in [0.29, 0.717) is 11.7 Å². The summed E-state index contributed by atoms with van der Waals surface area (Å²) in [4.78, 5) is 19.7. The molecule has 2 heterocycles. The van der Waals surface area contributed by atoms with E-state index in [1.54, 1.807) is 0 Å². The van der Waals surface area contributed by atoms with Gasteiger partial charge in [-0.15, -0.1) is 0 Å². The maximum atomic E-state index is 13.0. The number of amides is 1. The summed E-state index contributed by atoms with van der Waals surface area (Å²) in [5, 5.41) is 7.48. The van der Waals surface area contributed by atoms with E-state index in [1.165, 1.54) is 36.9 Å². The number of carbonyl (C=O) groups excluding carboxylic acids is 1. The van der Waals surface area contributed by atoms with Crippen LogP contribution >= 0.6 is 0 Å². The van der Waals surface area contributed by atoms with Gasteiger partial charge in [-0.1, -0.05) is 0 Å². The van der Waals surface area contributed by atoms with Gasteiger partial charge in [0.05, 0.1) is 0 Å². The van der Waals surface area contributed by atoms with E-state index in [-0.39, 0.29) is 5.91 Å². The number of hydrogen-bond donors (Lipinski definition) is 1. The first-order chi connectivity index (χ1) is 12.1. The standard InChI is InChI=1S/C19H33N5O/c1-22(2)11-7-12-23(3)15-8-6-13-24(14-15)19(25)18-16-9-4-5-10-17(16)20-21-18/h15H,4-14H2,1-3H3,(H,20,21)/t15-/m0/s1. The normalized spacial score (nSPS) is 21.0. The largest absolute Gasteiger partial charge is 0.336 e. The first kappa shape index (κ1) is 18.4. The Bertz CT molecular complexity index is 582. The third-order valence-electron chi connectivity index (χ3n) is 5.68. The molecular weight excluding hydrogens is 314 g/mol. The minimum absolute atomic E-state index is 0.130. The zero-order chi connectivity index (χ0) is 17.8. The van der Waals surface area contributed by atoms with Crippen molar-refractivity contribution in [2.75, 3.05) is 47.3 Å². The molecule has 3 rings (SSSR count). The van der Waals surface area contributed by atoms with Crippen LogP contribution in [0.3, 0.4) is 0 Å². The summed E-state index contributed by atoms with van der Waals surface area (Å²) in [6.45, 7) is 3.89. The van der Waals surface area contributed by atoms with Crippen LogP contribution < -0.4 is 0 Å². The SMILES string of the molecule is CN(C)CCCN(C)[C@H]1CCCN(C(=O)c2n[nH]c3c2CCCC3)C1. The van der Waals surface area contributed by atoms with Gasteiger partial charge < -0.3 is 14.7 Å². The summed E-state index contributed by atoms with van der Waals surface area (Å²) in [7, 11) is 6.43. The Kier molecular flexibility index (Phi) is 6.12. The number of nitrogens with one attached hydrogen (secondary N) is 1. The van der Waals surface area contributed by atoms with Crippen LogP contribution in [0.15, 0.2) is 0 Å². The molecule has 1 aromatic rings. The van der Waals surface area contributed by atoms with Crippen LogP contribution in [0.1, 0.15) is 53.8 Å². The van der Waals surface area contributed by atoms with Crippen molar-refractivity contribution in [3.63, 3.8) is 0 Å². The minimum atomic E-state index is 0.130. The van der Waals surface area contributed by atoms with Gasteiger partial charge in [-0.2, -0.15) is 5.10 Å². The topological polar surface area (TPSA) is 55.5 Å². The second kappa shape index (κ2) is 8.32. The van der Waals surface area contributed by atoms with Gasteiger partial charge in [-0.05, 0) is 79.2 Å². The van der Waals surface area contributed by atoms with Crippen LogP contribution in [0, 0.1) is 0 Å². The van der Waals surface area contributed by atoms with Crippen molar-refractivity contribution in [3.05, 3.63) is 17.0 Å². The highest BCUT2D eigenvalue weighted by molar-refractivity contribution is 5.94. The van der Waals surface area contributed by atoms with E-state index in [2.05, 4.69) is 41.1 Å². The van der Waals surface area contributed by atoms with Crippen molar-refractivity contribution in [1.82, 2.24) is 24.9 Å². The summed E-state index contributed by atoms with van der Waals surface area (Å²) in [5.41, 5.74) is 3.05. The molecule has 0 spiro atoms. The van der Waals surface area contributed by atoms with E-state index in [0.717, 1.165) is 45.4 Å². The molecule has 0 radical (unpaired) electrons. The van der Waals surface area contributed by atoms with E-state index >= 15 is 0 Å². The zero-order valence-electron chi connectivity index (χ0n) is 16.1. The molecule has 1 saturated heterocycles. The van der Waals surface area contributed by atoms with Crippen LogP contribution in [0.2, 0.25) is 0 Å². The Labute approximate surface area is 151 Å². The van der Waals surface area contributed by atoms with Gasteiger partial charge in [0.15, 0.2) is 5.69 Å². The Balaban J connectivity index is 1.59. The fourth-order valence-electron chi connectivity index (χ4n) is 4.13. The number of rotatable bonds is 6. The predicted octanol–water partition coefficient (Wildman–Crippen LogP) is 1.78. The van der Waals surface area contributed by atoms with E-state index in [4.69, 9.17) is 0 Å². The highest BCUT2D eigenvalue weighted by Gasteiger charge is 2.30. The molecule has 6 nitrogen and oxygen atoms in total. The smallest absolute Gasteiger partial charge is 0.274 e. The maximum Gasteiger partial charge on any atom is 0.274 e. The molecule has 1 aliphatic carbocycles. The van der Waals surface area contributed by atoms with Gasteiger partial charge >= 0.3 is 0 Å². The molecule has 0 saturated carbocycles. The lowest BCUT2D eigenvalue weighted by Crippen LogP contribution is -2.49. The van der Waals surface area contributed by atoms with E-state index in [9.17, 15) is 4.79 Å². The Morgan fingerprint density at radius 2 is 2.00 bits per heavy atom. The first-order valence-corrected chi connectivity index (χ1v) is 9.76. The van der Waals surface area contributed by atoms with Crippen LogP contribution in [-0.2, 0) is 12.8 Å². The summed E-state index contributed by atoms with van der Waals surface area (Å²) in [5.74, 6) is 0.130. The number of H-pyrrole nitrogens is 1. The fourth-order valence-corrected chi connectivity index (χ4v) is 4.13. The number of carbonyl (C=O) groups is 1. The quantitative estimate of drug-likeness (QED) is 0.852. The lowest BCUT2D eigenvalue weighted by Gasteiger charge is -2.37. The van der Waals surface area contributed by atoms with Crippen molar-refractivity contribution in [2.24, 2.45) is 0 Å². The lowest BCUT2D eigenvalue weighted by atomic mass is 9.95. The van der Waals surface area contributed by atoms with Gasteiger partial charge in [-0.25, -0.2) is 0 Å². The number of hydrogen-bond acceptors (Lipinski definition) is 4. The Morgan fingerprint density at radius 1 is 1.20 bits per heavy atom. The van der Waals surface area contributed by atoms with Crippen molar-refractivity contribution >= 4 is 5.91 Å². The molecule has 25 heavy (non-hydrogen) atoms. The number of aromatic amines is 1. The molecule has 0 bridgehead atoms. The molecule has 0 aromatic carbocycles. The number of piperidine rings is 1. The Hall–Kier alpha value is -1.40. The van der Waals surface area contributed by atoms with E-state index < -0.39 is 0 Å². The van der Waals surface area contributed by atoms with Gasteiger partial charge in [-0.3, -0.25) is 9.89 Å². The number of fused-ring (bicyclic) bond motifs is 1. The summed E-state index contributed by atoms with van der Waals surface area (Å²) in [6, 6.07) is 0.467. The van der Waals surface area contributed by atoms with Crippen LogP contribution in [0.25, 0.3) is 0 Å². The number of aryl methyl sites for hydroxylation is 1. The van der Waals surface area contributed by atoms with Gasteiger partial charge in [0, 0.05) is 30.4 Å². The average Bonchev–Trinajstić information content (AvgIpc) is 3.05. The molecule has 140 valence electrons. The van der Waals surface area contributed by atoms with E-state index in [1.807, 2.05) is 4.90 Å². The molecule has 0 unspecified atom stereocenters. The molecular formula is C19H33N5O. The minimum Gasteiger partial charge on any atom is -0.336 e. The van der Waals surface area contributed by atoms with Gasteiger partial charge in [0.1, 0.15) is 0 Å². The number of likely N-dealkylation sites (N-methyl/N-ethyl adjacent to an activating group) is 1. The molecule has 1 N–H and O–H groups in total. The van der Waals surface area contributed by atoms with Crippen molar-refractivity contribution < 1.29 is 4.79 Å². The fraction of sp³-hybridized carbons (Fsp3) is 0.789. The first-order valence-electron chi connectivity index (χ1n) is 9.76. The monoisotopic (exact) mass is 347 g/mol. The van der Waals surface area contributed by atoms with Crippen LogP contribution in [0.5, 0.6) is 0 Å². The highest BCUT2D eigenvalue weighted by atomic mass is 16.2. The molecule has 1 amide bonds. The predicted molar refractivity (Wildman–Crippen MR) is 100.0 cm³/mol. The third-order valence-corrected chi connectivity index (χ3v) is 5.68. The van der Waals surface area contributed by atoms with Crippen LogP contribution in [0.4, 0.5) is 0 Å². The maximum absolute atomic E-state index is 13.0. The van der Waals surface area contributed by atoms with Crippen LogP contribution in [-0.4, -0.2) is 84.2 Å². The summed E-state index contributed by atoms with van der Waals surface area (Å²) >= 11 is 0.